The Balaban J connectivity index is 2.16. The first kappa shape index (κ1) is 26.9. The van der Waals surface area contributed by atoms with Crippen LogP contribution in [-0.2, 0) is 15.0 Å². The maximum Gasteiger partial charge on any atom is 0.245 e. The zero-order valence-electron chi connectivity index (χ0n) is 20.9. The van der Waals surface area contributed by atoms with Gasteiger partial charge in [0.05, 0.1) is 16.4 Å². The van der Waals surface area contributed by atoms with Crippen LogP contribution in [0.15, 0.2) is 30.3 Å². The molecule has 1 heterocycles. The fraction of sp³-hybridized carbons (Fsp3) is 0.577. The van der Waals surface area contributed by atoms with Crippen LogP contribution in [0.4, 0.5) is 5.82 Å². The second-order valence-corrected chi connectivity index (χ2v) is 10.3. The Bertz CT molecular complexity index is 931. The molecule has 0 spiro atoms. The standard InChI is InChI=1S/C26H39ClN4O2/c1-7-8-9-10-11-16-25(33)30(19(2)3)18-24(32)28-23-17-22(26(4,5)6)29-31(23)21-15-13-12-14-20(21)27/h12-15,17,19H,7-11,16,18H2,1-6H3,(H,28,32). The molecule has 0 aliphatic rings. The smallest absolute Gasteiger partial charge is 0.245 e. The summed E-state index contributed by atoms with van der Waals surface area (Å²) in [4.78, 5) is 27.4. The third-order valence-electron chi connectivity index (χ3n) is 5.58. The van der Waals surface area contributed by atoms with Crippen LogP contribution < -0.4 is 5.32 Å². The number of para-hydroxylation sites is 1. The van der Waals surface area contributed by atoms with E-state index in [0.717, 1.165) is 25.0 Å². The number of carbonyl (C=O) groups excluding carboxylic acids is 2. The van der Waals surface area contributed by atoms with Crippen molar-refractivity contribution < 1.29 is 9.59 Å². The number of rotatable bonds is 11. The van der Waals surface area contributed by atoms with Crippen molar-refractivity contribution >= 4 is 29.2 Å². The normalized spacial score (nSPS) is 11.6. The second kappa shape index (κ2) is 12.2. The summed E-state index contributed by atoms with van der Waals surface area (Å²) >= 11 is 6.41. The molecule has 0 aliphatic carbocycles. The van der Waals surface area contributed by atoms with Gasteiger partial charge in [-0.2, -0.15) is 5.10 Å². The average Bonchev–Trinajstić information content (AvgIpc) is 3.15. The lowest BCUT2D eigenvalue weighted by molar-refractivity contribution is -0.136. The van der Waals surface area contributed by atoms with Crippen LogP contribution in [0, 0.1) is 0 Å². The van der Waals surface area contributed by atoms with E-state index in [4.69, 9.17) is 16.7 Å². The van der Waals surface area contributed by atoms with Crippen LogP contribution >= 0.6 is 11.6 Å². The van der Waals surface area contributed by atoms with Crippen LogP contribution in [0.2, 0.25) is 5.02 Å². The van der Waals surface area contributed by atoms with E-state index in [1.54, 1.807) is 15.6 Å². The number of amides is 2. The van der Waals surface area contributed by atoms with Gasteiger partial charge < -0.3 is 10.2 Å². The Labute approximate surface area is 203 Å². The molecule has 1 aromatic heterocycles. The summed E-state index contributed by atoms with van der Waals surface area (Å²) in [6.07, 6.45) is 5.89. The van der Waals surface area contributed by atoms with Gasteiger partial charge in [-0.15, -0.1) is 0 Å². The Morgan fingerprint density at radius 2 is 1.79 bits per heavy atom. The highest BCUT2D eigenvalue weighted by molar-refractivity contribution is 6.32. The number of carbonyl (C=O) groups is 2. The SMILES string of the molecule is CCCCCCCC(=O)N(CC(=O)Nc1cc(C(C)(C)C)nn1-c1ccccc1Cl)C(C)C. The lowest BCUT2D eigenvalue weighted by atomic mass is 9.92. The lowest BCUT2D eigenvalue weighted by Gasteiger charge is -2.26. The zero-order valence-corrected chi connectivity index (χ0v) is 21.7. The molecule has 1 N–H and O–H groups in total. The molecule has 0 aliphatic heterocycles. The fourth-order valence-corrected chi connectivity index (χ4v) is 3.78. The number of anilines is 1. The van der Waals surface area contributed by atoms with Gasteiger partial charge >= 0.3 is 0 Å². The molecule has 6 nitrogen and oxygen atoms in total. The van der Waals surface area contributed by atoms with Gasteiger partial charge in [0.2, 0.25) is 11.8 Å². The predicted molar refractivity (Wildman–Crippen MR) is 136 cm³/mol. The van der Waals surface area contributed by atoms with Crippen LogP contribution in [0.25, 0.3) is 5.69 Å². The quantitative estimate of drug-likeness (QED) is 0.385. The molecular formula is C26H39ClN4O2. The van der Waals surface area contributed by atoms with Crippen LogP contribution in [-0.4, -0.2) is 39.1 Å². The first-order valence-electron chi connectivity index (χ1n) is 12.0. The monoisotopic (exact) mass is 474 g/mol. The second-order valence-electron chi connectivity index (χ2n) is 9.86. The molecule has 2 rings (SSSR count). The molecule has 7 heteroatoms. The van der Waals surface area contributed by atoms with E-state index >= 15 is 0 Å². The number of halogens is 1. The number of aromatic nitrogens is 2. The van der Waals surface area contributed by atoms with E-state index < -0.39 is 0 Å². The molecule has 0 radical (unpaired) electrons. The molecular weight excluding hydrogens is 436 g/mol. The Morgan fingerprint density at radius 1 is 1.12 bits per heavy atom. The van der Waals surface area contributed by atoms with Crippen molar-refractivity contribution in [1.29, 1.82) is 0 Å². The van der Waals surface area contributed by atoms with Gasteiger partial charge in [0.1, 0.15) is 12.4 Å². The van der Waals surface area contributed by atoms with Gasteiger partial charge in [-0.05, 0) is 32.4 Å². The van der Waals surface area contributed by atoms with Gasteiger partial charge in [-0.25, -0.2) is 4.68 Å². The van der Waals surface area contributed by atoms with Gasteiger partial charge in [0.15, 0.2) is 0 Å². The highest BCUT2D eigenvalue weighted by Gasteiger charge is 2.24. The summed E-state index contributed by atoms with van der Waals surface area (Å²) in [5.74, 6) is 0.303. The first-order chi connectivity index (χ1) is 15.5. The highest BCUT2D eigenvalue weighted by Crippen LogP contribution is 2.29. The molecule has 2 aromatic rings. The summed E-state index contributed by atoms with van der Waals surface area (Å²) in [5.41, 5.74) is 1.32. The molecule has 0 fully saturated rings. The lowest BCUT2D eigenvalue weighted by Crippen LogP contribution is -2.42. The van der Waals surface area contributed by atoms with E-state index in [2.05, 4.69) is 33.0 Å². The number of unbranched alkanes of at least 4 members (excludes halogenated alkanes) is 4. The highest BCUT2D eigenvalue weighted by atomic mass is 35.5. The average molecular weight is 475 g/mol. The van der Waals surface area contributed by atoms with E-state index in [1.807, 2.05) is 38.1 Å². The Kier molecular flexibility index (Phi) is 9.96. The number of benzene rings is 1. The third-order valence-corrected chi connectivity index (χ3v) is 5.90. The number of nitrogens with zero attached hydrogens (tertiary/aromatic N) is 3. The van der Waals surface area contributed by atoms with E-state index in [1.165, 1.54) is 12.8 Å². The molecule has 0 atom stereocenters. The Hall–Kier alpha value is -2.34. The number of hydrogen-bond donors (Lipinski definition) is 1. The van der Waals surface area contributed by atoms with E-state index in [9.17, 15) is 9.59 Å². The van der Waals surface area contributed by atoms with Crippen molar-refractivity contribution in [2.24, 2.45) is 0 Å². The van der Waals surface area contributed by atoms with Crippen LogP contribution in [0.1, 0.15) is 85.8 Å². The third kappa shape index (κ3) is 7.88. The van der Waals surface area contributed by atoms with Gasteiger partial charge in [0, 0.05) is 23.9 Å². The van der Waals surface area contributed by atoms with Crippen molar-refractivity contribution in [1.82, 2.24) is 14.7 Å². The topological polar surface area (TPSA) is 67.2 Å². The molecule has 0 saturated heterocycles. The molecule has 1 aromatic carbocycles. The van der Waals surface area contributed by atoms with Gasteiger partial charge in [-0.1, -0.05) is 77.1 Å². The van der Waals surface area contributed by atoms with Crippen LogP contribution in [0.5, 0.6) is 0 Å². The predicted octanol–water partition coefficient (Wildman–Crippen LogP) is 6.36. The van der Waals surface area contributed by atoms with Gasteiger partial charge in [0.25, 0.3) is 0 Å². The number of nitrogens with one attached hydrogen (secondary N) is 1. The van der Waals surface area contributed by atoms with Crippen molar-refractivity contribution in [3.05, 3.63) is 41.0 Å². The maximum absolute atomic E-state index is 13.0. The Morgan fingerprint density at radius 3 is 2.39 bits per heavy atom. The van der Waals surface area contributed by atoms with Crippen molar-refractivity contribution in [3.8, 4) is 5.69 Å². The van der Waals surface area contributed by atoms with Crippen LogP contribution in [0.3, 0.4) is 0 Å². The van der Waals surface area contributed by atoms with E-state index in [0.29, 0.717) is 22.9 Å². The number of hydrogen-bond acceptors (Lipinski definition) is 3. The zero-order chi connectivity index (χ0) is 24.6. The van der Waals surface area contributed by atoms with Crippen molar-refractivity contribution in [2.45, 2.75) is 91.5 Å². The van der Waals surface area contributed by atoms with Gasteiger partial charge in [-0.3, -0.25) is 9.59 Å². The minimum atomic E-state index is -0.253. The summed E-state index contributed by atoms with van der Waals surface area (Å²) in [6, 6.07) is 9.20. The van der Waals surface area contributed by atoms with Crippen molar-refractivity contribution in [3.63, 3.8) is 0 Å². The first-order valence-corrected chi connectivity index (χ1v) is 12.4. The summed E-state index contributed by atoms with van der Waals surface area (Å²) in [6.45, 7) is 12.3. The van der Waals surface area contributed by atoms with E-state index in [-0.39, 0.29) is 29.8 Å². The summed E-state index contributed by atoms with van der Waals surface area (Å²) < 4.78 is 1.66. The fourth-order valence-electron chi connectivity index (χ4n) is 3.56. The molecule has 0 bridgehead atoms. The molecule has 0 saturated carbocycles. The van der Waals surface area contributed by atoms with Crippen molar-refractivity contribution in [2.75, 3.05) is 11.9 Å². The molecule has 0 unspecified atom stereocenters. The summed E-state index contributed by atoms with van der Waals surface area (Å²) in [5, 5.41) is 8.22. The molecule has 182 valence electrons. The minimum Gasteiger partial charge on any atom is -0.331 e. The maximum atomic E-state index is 13.0. The minimum absolute atomic E-state index is 0.00398. The summed E-state index contributed by atoms with van der Waals surface area (Å²) in [7, 11) is 0. The largest absolute Gasteiger partial charge is 0.331 e. The molecule has 33 heavy (non-hydrogen) atoms. The molecule has 2 amide bonds.